The number of aliphatic hydroxyl groups is 1. The van der Waals surface area contributed by atoms with Crippen molar-refractivity contribution >= 4 is 34.7 Å². The quantitative estimate of drug-likeness (QED) is 0.638. The molecule has 0 saturated carbocycles. The zero-order valence-corrected chi connectivity index (χ0v) is 13.1. The largest absolute Gasteiger partial charge is 0.386 e. The number of nitro groups is 1. The Bertz CT molecular complexity index is 689. The SMILES string of the molecule is Cc1ccnc(NCC(O)c2c(Cl)cccc2Cl)c1[N+](=O)[O-]. The Morgan fingerprint density at radius 3 is 2.59 bits per heavy atom. The highest BCUT2D eigenvalue weighted by molar-refractivity contribution is 6.36. The molecule has 1 unspecified atom stereocenters. The molecular formula is C14H13Cl2N3O3. The van der Waals surface area contributed by atoms with Gasteiger partial charge in [0, 0.05) is 33.9 Å². The number of nitrogens with zero attached hydrogens (tertiary/aromatic N) is 2. The number of pyridine rings is 1. The fraction of sp³-hybridized carbons (Fsp3) is 0.214. The number of hydrogen-bond acceptors (Lipinski definition) is 5. The Hall–Kier alpha value is -1.89. The second-order valence-electron chi connectivity index (χ2n) is 4.61. The van der Waals surface area contributed by atoms with Crippen LogP contribution in [0.5, 0.6) is 0 Å². The summed E-state index contributed by atoms with van der Waals surface area (Å²) in [7, 11) is 0. The van der Waals surface area contributed by atoms with Crippen LogP contribution in [0.4, 0.5) is 11.5 Å². The molecule has 0 aliphatic heterocycles. The molecule has 0 saturated heterocycles. The lowest BCUT2D eigenvalue weighted by atomic mass is 10.1. The predicted molar refractivity (Wildman–Crippen MR) is 85.5 cm³/mol. The zero-order chi connectivity index (χ0) is 16.3. The molecule has 2 aromatic rings. The summed E-state index contributed by atoms with van der Waals surface area (Å²) in [5, 5.41) is 24.7. The summed E-state index contributed by atoms with van der Waals surface area (Å²) in [6.45, 7) is 1.60. The summed E-state index contributed by atoms with van der Waals surface area (Å²) in [6, 6.07) is 6.44. The number of benzene rings is 1. The van der Waals surface area contributed by atoms with E-state index < -0.39 is 11.0 Å². The topological polar surface area (TPSA) is 88.3 Å². The molecule has 0 radical (unpaired) electrons. The molecule has 1 aromatic heterocycles. The van der Waals surface area contributed by atoms with Gasteiger partial charge in [0.2, 0.25) is 5.82 Å². The summed E-state index contributed by atoms with van der Waals surface area (Å²) in [5.74, 6) is 0.0900. The van der Waals surface area contributed by atoms with Crippen LogP contribution in [0.2, 0.25) is 10.0 Å². The average molecular weight is 342 g/mol. The third-order valence-corrected chi connectivity index (χ3v) is 3.76. The standard InChI is InChI=1S/C14H13Cl2N3O3/c1-8-5-6-17-14(13(8)19(21)22)18-7-11(20)12-9(15)3-2-4-10(12)16/h2-6,11,20H,7H2,1H3,(H,17,18). The number of aryl methyl sites for hydroxylation is 1. The third kappa shape index (κ3) is 3.47. The van der Waals surface area contributed by atoms with E-state index in [0.29, 0.717) is 21.2 Å². The van der Waals surface area contributed by atoms with Crippen LogP contribution in [0.15, 0.2) is 30.5 Å². The van der Waals surface area contributed by atoms with Gasteiger partial charge in [0.05, 0.1) is 11.0 Å². The summed E-state index contributed by atoms with van der Waals surface area (Å²) < 4.78 is 0. The van der Waals surface area contributed by atoms with E-state index in [1.807, 2.05) is 0 Å². The summed E-state index contributed by atoms with van der Waals surface area (Å²) >= 11 is 12.0. The van der Waals surface area contributed by atoms with E-state index in [1.54, 1.807) is 31.2 Å². The predicted octanol–water partition coefficient (Wildman–Crippen LogP) is 3.75. The van der Waals surface area contributed by atoms with Crippen LogP contribution in [-0.4, -0.2) is 21.6 Å². The molecule has 0 bridgehead atoms. The Kier molecular flexibility index (Phi) is 5.18. The molecule has 1 heterocycles. The lowest BCUT2D eigenvalue weighted by molar-refractivity contribution is -0.384. The maximum atomic E-state index is 11.1. The van der Waals surface area contributed by atoms with E-state index in [-0.39, 0.29) is 18.1 Å². The molecule has 2 N–H and O–H groups in total. The van der Waals surface area contributed by atoms with E-state index in [9.17, 15) is 15.2 Å². The van der Waals surface area contributed by atoms with Gasteiger partial charge < -0.3 is 10.4 Å². The first kappa shape index (κ1) is 16.5. The number of aromatic nitrogens is 1. The van der Waals surface area contributed by atoms with Crippen LogP contribution in [0.1, 0.15) is 17.2 Å². The molecule has 8 heteroatoms. The minimum atomic E-state index is -1.02. The highest BCUT2D eigenvalue weighted by Gasteiger charge is 2.21. The van der Waals surface area contributed by atoms with Crippen molar-refractivity contribution < 1.29 is 10.0 Å². The van der Waals surface area contributed by atoms with Gasteiger partial charge in [-0.3, -0.25) is 10.1 Å². The number of halogens is 2. The van der Waals surface area contributed by atoms with Crippen LogP contribution in [0.25, 0.3) is 0 Å². The van der Waals surface area contributed by atoms with Gasteiger partial charge >= 0.3 is 5.69 Å². The van der Waals surface area contributed by atoms with E-state index in [1.165, 1.54) is 6.20 Å². The van der Waals surface area contributed by atoms with Gasteiger partial charge in [0.15, 0.2) is 0 Å². The summed E-state index contributed by atoms with van der Waals surface area (Å²) in [6.07, 6.45) is 0.433. The molecule has 0 aliphatic carbocycles. The highest BCUT2D eigenvalue weighted by Crippen LogP contribution is 2.31. The van der Waals surface area contributed by atoms with Crippen molar-refractivity contribution in [2.75, 3.05) is 11.9 Å². The van der Waals surface area contributed by atoms with Gasteiger partial charge in [-0.05, 0) is 25.1 Å². The van der Waals surface area contributed by atoms with Crippen LogP contribution in [-0.2, 0) is 0 Å². The van der Waals surface area contributed by atoms with E-state index >= 15 is 0 Å². The Morgan fingerprint density at radius 2 is 2.00 bits per heavy atom. The van der Waals surface area contributed by atoms with Crippen molar-refractivity contribution in [3.8, 4) is 0 Å². The first-order chi connectivity index (χ1) is 10.4. The van der Waals surface area contributed by atoms with Crippen LogP contribution < -0.4 is 5.32 Å². The minimum absolute atomic E-state index is 0.0131. The highest BCUT2D eigenvalue weighted by atomic mass is 35.5. The average Bonchev–Trinajstić information content (AvgIpc) is 2.44. The van der Waals surface area contributed by atoms with Gasteiger partial charge in [-0.15, -0.1) is 0 Å². The second kappa shape index (κ2) is 6.91. The number of nitrogens with one attached hydrogen (secondary N) is 1. The molecule has 0 amide bonds. The number of aliphatic hydroxyl groups excluding tert-OH is 1. The number of hydrogen-bond donors (Lipinski definition) is 2. The third-order valence-electron chi connectivity index (χ3n) is 3.10. The van der Waals surface area contributed by atoms with Gasteiger partial charge in [0.25, 0.3) is 0 Å². The summed E-state index contributed by atoms with van der Waals surface area (Å²) in [4.78, 5) is 14.5. The lowest BCUT2D eigenvalue weighted by Crippen LogP contribution is -2.15. The second-order valence-corrected chi connectivity index (χ2v) is 5.43. The van der Waals surface area contributed by atoms with Crippen molar-refractivity contribution in [3.63, 3.8) is 0 Å². The number of anilines is 1. The fourth-order valence-electron chi connectivity index (χ4n) is 2.03. The molecule has 0 aliphatic rings. The monoisotopic (exact) mass is 341 g/mol. The molecule has 22 heavy (non-hydrogen) atoms. The van der Waals surface area contributed by atoms with Gasteiger partial charge in [-0.2, -0.15) is 0 Å². The molecule has 0 fully saturated rings. The Balaban J connectivity index is 2.20. The molecule has 1 aromatic carbocycles. The Labute approximate surface area is 136 Å². The molecule has 116 valence electrons. The number of rotatable bonds is 5. The maximum Gasteiger partial charge on any atom is 0.314 e. The smallest absolute Gasteiger partial charge is 0.314 e. The van der Waals surface area contributed by atoms with Crippen molar-refractivity contribution in [2.45, 2.75) is 13.0 Å². The molecule has 1 atom stereocenters. The first-order valence-electron chi connectivity index (χ1n) is 6.37. The van der Waals surface area contributed by atoms with Gasteiger partial charge in [-0.1, -0.05) is 29.3 Å². The van der Waals surface area contributed by atoms with E-state index in [4.69, 9.17) is 23.2 Å². The van der Waals surface area contributed by atoms with E-state index in [2.05, 4.69) is 10.3 Å². The van der Waals surface area contributed by atoms with Crippen LogP contribution >= 0.6 is 23.2 Å². The van der Waals surface area contributed by atoms with Crippen LogP contribution in [0, 0.1) is 17.0 Å². The van der Waals surface area contributed by atoms with Gasteiger partial charge in [0.1, 0.15) is 0 Å². The molecule has 2 rings (SSSR count). The van der Waals surface area contributed by atoms with E-state index in [0.717, 1.165) is 0 Å². The van der Waals surface area contributed by atoms with Crippen molar-refractivity contribution in [1.82, 2.24) is 4.98 Å². The van der Waals surface area contributed by atoms with Gasteiger partial charge in [-0.25, -0.2) is 4.98 Å². The molecule has 0 spiro atoms. The van der Waals surface area contributed by atoms with Crippen molar-refractivity contribution in [2.24, 2.45) is 0 Å². The summed E-state index contributed by atoms with van der Waals surface area (Å²) in [5.41, 5.74) is 0.723. The Morgan fingerprint density at radius 1 is 1.36 bits per heavy atom. The molecular weight excluding hydrogens is 329 g/mol. The van der Waals surface area contributed by atoms with Crippen LogP contribution in [0.3, 0.4) is 0 Å². The lowest BCUT2D eigenvalue weighted by Gasteiger charge is -2.15. The fourth-order valence-corrected chi connectivity index (χ4v) is 2.68. The molecule has 6 nitrogen and oxygen atoms in total. The van der Waals surface area contributed by atoms with Crippen molar-refractivity contribution in [3.05, 3.63) is 61.7 Å². The van der Waals surface area contributed by atoms with Crippen molar-refractivity contribution in [1.29, 1.82) is 0 Å². The normalized spacial score (nSPS) is 12.0. The zero-order valence-electron chi connectivity index (χ0n) is 11.6. The first-order valence-corrected chi connectivity index (χ1v) is 7.13. The maximum absolute atomic E-state index is 11.1. The minimum Gasteiger partial charge on any atom is -0.386 e.